The van der Waals surface area contributed by atoms with Gasteiger partial charge in [-0.25, -0.2) is 0 Å². The van der Waals surface area contributed by atoms with Gasteiger partial charge in [0, 0.05) is 24.8 Å². The Morgan fingerprint density at radius 2 is 2.04 bits per heavy atom. The third-order valence-electron chi connectivity index (χ3n) is 4.70. The first-order valence-electron chi connectivity index (χ1n) is 8.71. The summed E-state index contributed by atoms with van der Waals surface area (Å²) in [5.41, 5.74) is 5.66. The van der Waals surface area contributed by atoms with Crippen LogP contribution in [0.25, 0.3) is 11.6 Å². The number of anilines is 1. The molecule has 1 heterocycles. The average molecular weight is 337 g/mol. The van der Waals surface area contributed by atoms with E-state index in [0.29, 0.717) is 0 Å². The van der Waals surface area contributed by atoms with Crippen molar-refractivity contribution in [2.45, 2.75) is 46.6 Å². The molecule has 1 N–H and O–H groups in total. The maximum Gasteiger partial charge on any atom is 0.261 e. The Kier molecular flexibility index (Phi) is 5.37. The fourth-order valence-electron chi connectivity index (χ4n) is 3.47. The van der Waals surface area contributed by atoms with Crippen molar-refractivity contribution in [1.29, 1.82) is 5.26 Å². The van der Waals surface area contributed by atoms with Crippen LogP contribution in [0, 0.1) is 18.3 Å². The highest BCUT2D eigenvalue weighted by molar-refractivity contribution is 6.02. The van der Waals surface area contributed by atoms with E-state index in [2.05, 4.69) is 56.1 Å². The Labute approximate surface area is 150 Å². The number of hydrogen-bond acceptors (Lipinski definition) is 3. The number of carbonyl (C=O) groups is 1. The lowest BCUT2D eigenvalue weighted by atomic mass is 9.86. The maximum atomic E-state index is 11.8. The first kappa shape index (κ1) is 18.8. The number of nitrogens with zero attached hydrogens (tertiary/aromatic N) is 2. The summed E-state index contributed by atoms with van der Waals surface area (Å²) in [4.78, 5) is 14.2. The molecular weight excluding hydrogens is 310 g/mol. The molecule has 0 saturated carbocycles. The van der Waals surface area contributed by atoms with Crippen LogP contribution in [-0.2, 0) is 4.79 Å². The minimum Gasteiger partial charge on any atom is -0.362 e. The zero-order chi connectivity index (χ0) is 18.8. The van der Waals surface area contributed by atoms with Gasteiger partial charge in [-0.05, 0) is 69.0 Å². The topological polar surface area (TPSA) is 56.1 Å². The summed E-state index contributed by atoms with van der Waals surface area (Å²) in [6, 6.07) is 6.25. The third kappa shape index (κ3) is 3.61. The average Bonchev–Trinajstić information content (AvgIpc) is 2.56. The molecule has 0 radical (unpaired) electrons. The molecule has 0 atom stereocenters. The molecule has 0 saturated heterocycles. The highest BCUT2D eigenvalue weighted by Crippen LogP contribution is 2.40. The number of nitrogens with one attached hydrogen (secondary N) is 1. The number of likely N-dealkylation sites (N-methyl/N-ethyl adjacent to an activating group) is 1. The van der Waals surface area contributed by atoms with E-state index in [1.807, 2.05) is 13.0 Å². The number of aryl methyl sites for hydroxylation is 1. The number of amides is 1. The van der Waals surface area contributed by atoms with Gasteiger partial charge in [0.2, 0.25) is 0 Å². The number of hydrogen-bond donors (Lipinski definition) is 1. The molecule has 0 unspecified atom stereocenters. The van der Waals surface area contributed by atoms with E-state index in [1.165, 1.54) is 23.9 Å². The van der Waals surface area contributed by atoms with Crippen molar-refractivity contribution < 1.29 is 4.79 Å². The Bertz CT molecular complexity index is 794. The summed E-state index contributed by atoms with van der Waals surface area (Å²) in [7, 11) is 1.53. The Balaban J connectivity index is 2.62. The van der Waals surface area contributed by atoms with Crippen molar-refractivity contribution in [3.63, 3.8) is 0 Å². The van der Waals surface area contributed by atoms with Crippen LogP contribution in [0.3, 0.4) is 0 Å². The zero-order valence-corrected chi connectivity index (χ0v) is 16.0. The lowest BCUT2D eigenvalue weighted by molar-refractivity contribution is -0.116. The number of carbonyl (C=O) groups excluding carboxylic acids is 1. The van der Waals surface area contributed by atoms with Crippen molar-refractivity contribution in [2.24, 2.45) is 0 Å². The van der Waals surface area contributed by atoms with E-state index in [9.17, 15) is 10.1 Å². The van der Waals surface area contributed by atoms with Crippen LogP contribution in [0.1, 0.15) is 50.8 Å². The summed E-state index contributed by atoms with van der Waals surface area (Å²) >= 11 is 0. The number of fused-ring (bicyclic) bond motifs is 1. The number of allylic oxidation sites excluding steroid dienone is 1. The highest BCUT2D eigenvalue weighted by Gasteiger charge is 2.31. The highest BCUT2D eigenvalue weighted by atomic mass is 16.1. The van der Waals surface area contributed by atoms with Gasteiger partial charge < -0.3 is 10.2 Å². The van der Waals surface area contributed by atoms with Crippen molar-refractivity contribution in [3.8, 4) is 6.07 Å². The van der Waals surface area contributed by atoms with Gasteiger partial charge in [-0.2, -0.15) is 5.26 Å². The summed E-state index contributed by atoms with van der Waals surface area (Å²) < 4.78 is 0. The molecule has 0 aromatic heterocycles. The van der Waals surface area contributed by atoms with Crippen molar-refractivity contribution in [2.75, 3.05) is 18.5 Å². The van der Waals surface area contributed by atoms with Gasteiger partial charge in [-0.15, -0.1) is 0 Å². The smallest absolute Gasteiger partial charge is 0.261 e. The fraction of sp³-hybridized carbons (Fsp3) is 0.429. The number of rotatable bonds is 4. The molecule has 0 fully saturated rings. The predicted octanol–water partition coefficient (Wildman–Crippen LogP) is 4.06. The molecule has 4 heteroatoms. The van der Waals surface area contributed by atoms with E-state index >= 15 is 0 Å². The molecule has 1 aromatic rings. The molecule has 1 aliphatic heterocycles. The van der Waals surface area contributed by atoms with Crippen LogP contribution in [-0.4, -0.2) is 25.0 Å². The van der Waals surface area contributed by atoms with Crippen LogP contribution >= 0.6 is 0 Å². The normalized spacial score (nSPS) is 16.0. The molecule has 1 aromatic carbocycles. The lowest BCUT2D eigenvalue weighted by Gasteiger charge is -2.43. The van der Waals surface area contributed by atoms with Crippen LogP contribution in [0.15, 0.2) is 23.8 Å². The molecule has 4 nitrogen and oxygen atoms in total. The second-order valence-corrected chi connectivity index (χ2v) is 7.11. The fourth-order valence-corrected chi connectivity index (χ4v) is 3.47. The summed E-state index contributed by atoms with van der Waals surface area (Å²) in [6.07, 6.45) is 5.04. The van der Waals surface area contributed by atoms with Gasteiger partial charge in [0.1, 0.15) is 11.6 Å². The minimum absolute atomic E-state index is 0.0310. The van der Waals surface area contributed by atoms with E-state index in [-0.39, 0.29) is 17.0 Å². The van der Waals surface area contributed by atoms with Gasteiger partial charge in [0.05, 0.1) is 5.54 Å². The summed E-state index contributed by atoms with van der Waals surface area (Å²) in [6.45, 7) is 11.8. The van der Waals surface area contributed by atoms with Gasteiger partial charge in [0.15, 0.2) is 0 Å². The molecule has 0 aliphatic carbocycles. The van der Waals surface area contributed by atoms with Crippen LogP contribution in [0.2, 0.25) is 0 Å². The molecule has 0 spiro atoms. The van der Waals surface area contributed by atoms with Gasteiger partial charge in [-0.1, -0.05) is 13.0 Å². The predicted molar refractivity (Wildman–Crippen MR) is 104 cm³/mol. The van der Waals surface area contributed by atoms with Gasteiger partial charge >= 0.3 is 0 Å². The van der Waals surface area contributed by atoms with E-state index in [0.717, 1.165) is 24.1 Å². The number of nitriles is 1. The van der Waals surface area contributed by atoms with E-state index < -0.39 is 0 Å². The SMILES string of the molecule is CCCN1c2cc(C)c(/C=C(\C#N)C(=O)NC)cc2C(C)=CC1(C)C. The first-order chi connectivity index (χ1) is 11.7. The Hall–Kier alpha value is -2.54. The number of benzene rings is 1. The Morgan fingerprint density at radius 1 is 1.36 bits per heavy atom. The Morgan fingerprint density at radius 3 is 2.60 bits per heavy atom. The van der Waals surface area contributed by atoms with E-state index in [1.54, 1.807) is 6.08 Å². The zero-order valence-electron chi connectivity index (χ0n) is 16.0. The summed E-state index contributed by atoms with van der Waals surface area (Å²) in [5, 5.41) is 11.8. The van der Waals surface area contributed by atoms with Crippen molar-refractivity contribution >= 4 is 23.2 Å². The minimum atomic E-state index is -0.361. The molecule has 132 valence electrons. The van der Waals surface area contributed by atoms with Gasteiger partial charge in [-0.3, -0.25) is 4.79 Å². The molecule has 0 bridgehead atoms. The van der Waals surface area contributed by atoms with Crippen molar-refractivity contribution in [1.82, 2.24) is 5.32 Å². The molecule has 25 heavy (non-hydrogen) atoms. The second-order valence-electron chi connectivity index (χ2n) is 7.11. The maximum absolute atomic E-state index is 11.8. The molecular formula is C21H27N3O. The van der Waals surface area contributed by atoms with Crippen molar-refractivity contribution in [3.05, 3.63) is 40.5 Å². The lowest BCUT2D eigenvalue weighted by Crippen LogP contribution is -2.45. The van der Waals surface area contributed by atoms with E-state index in [4.69, 9.17) is 0 Å². The van der Waals surface area contributed by atoms with Gasteiger partial charge in [0.25, 0.3) is 5.91 Å². The molecule has 1 amide bonds. The van der Waals surface area contributed by atoms with Crippen LogP contribution in [0.4, 0.5) is 5.69 Å². The largest absolute Gasteiger partial charge is 0.362 e. The van der Waals surface area contributed by atoms with Crippen LogP contribution < -0.4 is 10.2 Å². The first-order valence-corrected chi connectivity index (χ1v) is 8.71. The van der Waals surface area contributed by atoms with Crippen LogP contribution in [0.5, 0.6) is 0 Å². The quantitative estimate of drug-likeness (QED) is 0.666. The standard InChI is InChI=1S/C21H27N3O/c1-7-8-24-19-9-14(2)16(10-17(13-22)20(25)23-6)11-18(19)15(3)12-21(24,4)5/h9-12H,7-8H2,1-6H3,(H,23,25)/b17-10+. The third-order valence-corrected chi connectivity index (χ3v) is 4.70. The monoisotopic (exact) mass is 337 g/mol. The molecule has 1 aliphatic rings. The summed E-state index contributed by atoms with van der Waals surface area (Å²) in [5.74, 6) is -0.361. The second kappa shape index (κ2) is 7.14. The molecule has 2 rings (SSSR count).